The van der Waals surface area contributed by atoms with Crippen LogP contribution in [-0.2, 0) is 6.42 Å². The second kappa shape index (κ2) is 5.46. The Labute approximate surface area is 119 Å². The fraction of sp³-hybridized carbons (Fsp3) is 0.375. The maximum absolute atomic E-state index is 6.56. The molecule has 0 radical (unpaired) electrons. The van der Waals surface area contributed by atoms with Crippen molar-refractivity contribution >= 4 is 22.9 Å². The number of thiophene rings is 1. The van der Waals surface area contributed by atoms with Crippen molar-refractivity contribution in [3.8, 4) is 0 Å². The van der Waals surface area contributed by atoms with Gasteiger partial charge in [0.15, 0.2) is 0 Å². The van der Waals surface area contributed by atoms with E-state index in [0.717, 1.165) is 6.42 Å². The Morgan fingerprint density at radius 2 is 1.78 bits per heavy atom. The maximum atomic E-state index is 6.56. The third-order valence-corrected chi connectivity index (χ3v) is 5.18. The zero-order valence-electron chi connectivity index (χ0n) is 11.4. The molecule has 2 aromatic rings. The normalized spacial score (nSPS) is 12.7. The fourth-order valence-electron chi connectivity index (χ4n) is 2.07. The topological polar surface area (TPSA) is 0 Å². The van der Waals surface area contributed by atoms with Crippen LogP contribution in [0, 0.1) is 27.7 Å². The Balaban J connectivity index is 2.20. The minimum absolute atomic E-state index is 0.0860. The molecule has 1 aromatic carbocycles. The molecule has 0 amide bonds. The van der Waals surface area contributed by atoms with Gasteiger partial charge in [0.2, 0.25) is 0 Å². The first-order valence-electron chi connectivity index (χ1n) is 6.24. The molecule has 0 fully saturated rings. The van der Waals surface area contributed by atoms with Gasteiger partial charge in [0.1, 0.15) is 0 Å². The summed E-state index contributed by atoms with van der Waals surface area (Å²) in [6, 6.07) is 8.81. The molecule has 0 bridgehead atoms. The molecule has 0 saturated carbocycles. The van der Waals surface area contributed by atoms with E-state index in [4.69, 9.17) is 11.6 Å². The first-order chi connectivity index (χ1) is 8.47. The van der Waals surface area contributed by atoms with Crippen molar-refractivity contribution in [2.75, 3.05) is 0 Å². The number of rotatable bonds is 3. The summed E-state index contributed by atoms with van der Waals surface area (Å²) < 4.78 is 0. The lowest BCUT2D eigenvalue weighted by atomic mass is 10.0. The Morgan fingerprint density at radius 3 is 2.39 bits per heavy atom. The van der Waals surface area contributed by atoms with E-state index in [1.807, 2.05) is 11.3 Å². The number of hydrogen-bond donors (Lipinski definition) is 0. The quantitative estimate of drug-likeness (QED) is 0.650. The maximum Gasteiger partial charge on any atom is 0.0719 e. The second-order valence-electron chi connectivity index (χ2n) is 4.99. The standard InChI is InChI=1S/C16H19ClS/c1-10-5-6-11(2)14(7-10)9-15(17)16-8-12(3)13(4)18-16/h5-8,15H,9H2,1-4H3. The van der Waals surface area contributed by atoms with Crippen LogP contribution in [-0.4, -0.2) is 0 Å². The average molecular weight is 279 g/mol. The van der Waals surface area contributed by atoms with Crippen LogP contribution in [0.1, 0.15) is 37.4 Å². The van der Waals surface area contributed by atoms with E-state index in [1.165, 1.54) is 32.0 Å². The predicted molar refractivity (Wildman–Crippen MR) is 82.0 cm³/mol. The number of halogens is 1. The van der Waals surface area contributed by atoms with Crippen molar-refractivity contribution in [3.63, 3.8) is 0 Å². The third-order valence-electron chi connectivity index (χ3n) is 3.40. The fourth-order valence-corrected chi connectivity index (χ4v) is 3.45. The molecule has 1 aromatic heterocycles. The highest BCUT2D eigenvalue weighted by Gasteiger charge is 2.14. The SMILES string of the molecule is Cc1ccc(C)c(CC(Cl)c2cc(C)c(C)s2)c1. The predicted octanol–water partition coefficient (Wildman–Crippen LogP) is 5.50. The van der Waals surface area contributed by atoms with Crippen molar-refractivity contribution < 1.29 is 0 Å². The van der Waals surface area contributed by atoms with Crippen LogP contribution in [0.25, 0.3) is 0 Å². The average Bonchev–Trinajstić information content (AvgIpc) is 2.64. The molecule has 0 saturated heterocycles. The lowest BCUT2D eigenvalue weighted by molar-refractivity contribution is 0.927. The van der Waals surface area contributed by atoms with Crippen molar-refractivity contribution in [2.24, 2.45) is 0 Å². The van der Waals surface area contributed by atoms with Gasteiger partial charge in [-0.3, -0.25) is 0 Å². The summed E-state index contributed by atoms with van der Waals surface area (Å²) in [5.74, 6) is 0. The minimum atomic E-state index is 0.0860. The highest BCUT2D eigenvalue weighted by atomic mass is 35.5. The van der Waals surface area contributed by atoms with Gasteiger partial charge in [0.05, 0.1) is 5.38 Å². The van der Waals surface area contributed by atoms with E-state index in [-0.39, 0.29) is 5.38 Å². The van der Waals surface area contributed by atoms with Gasteiger partial charge < -0.3 is 0 Å². The van der Waals surface area contributed by atoms with Crippen molar-refractivity contribution in [2.45, 2.75) is 39.5 Å². The van der Waals surface area contributed by atoms with Crippen LogP contribution in [0.3, 0.4) is 0 Å². The van der Waals surface area contributed by atoms with Crippen molar-refractivity contribution in [1.82, 2.24) is 0 Å². The van der Waals surface area contributed by atoms with E-state index in [9.17, 15) is 0 Å². The Kier molecular flexibility index (Phi) is 4.14. The summed E-state index contributed by atoms with van der Waals surface area (Å²) in [4.78, 5) is 2.66. The lowest BCUT2D eigenvalue weighted by Gasteiger charge is -2.11. The Morgan fingerprint density at radius 1 is 1.06 bits per heavy atom. The van der Waals surface area contributed by atoms with Crippen LogP contribution in [0.2, 0.25) is 0 Å². The van der Waals surface area contributed by atoms with Crippen LogP contribution < -0.4 is 0 Å². The number of hydrogen-bond acceptors (Lipinski definition) is 1. The van der Waals surface area contributed by atoms with Gasteiger partial charge >= 0.3 is 0 Å². The molecule has 0 aliphatic heterocycles. The largest absolute Gasteiger partial charge is 0.144 e. The van der Waals surface area contributed by atoms with Crippen LogP contribution in [0.15, 0.2) is 24.3 Å². The summed E-state index contributed by atoms with van der Waals surface area (Å²) in [7, 11) is 0. The first-order valence-corrected chi connectivity index (χ1v) is 7.50. The molecule has 96 valence electrons. The third kappa shape index (κ3) is 2.96. The summed E-state index contributed by atoms with van der Waals surface area (Å²) in [5, 5.41) is 0.0860. The van der Waals surface area contributed by atoms with Gasteiger partial charge in [-0.05, 0) is 56.9 Å². The molecule has 0 nitrogen and oxygen atoms in total. The van der Waals surface area contributed by atoms with E-state index in [1.54, 1.807) is 0 Å². The first kappa shape index (κ1) is 13.6. The smallest absolute Gasteiger partial charge is 0.0719 e. The molecule has 1 heterocycles. The summed E-state index contributed by atoms with van der Waals surface area (Å²) in [6.07, 6.45) is 0.911. The molecular weight excluding hydrogens is 260 g/mol. The van der Waals surface area contributed by atoms with E-state index < -0.39 is 0 Å². The van der Waals surface area contributed by atoms with Crippen LogP contribution >= 0.6 is 22.9 Å². The second-order valence-corrected chi connectivity index (χ2v) is 6.80. The van der Waals surface area contributed by atoms with Gasteiger partial charge in [0.25, 0.3) is 0 Å². The zero-order valence-corrected chi connectivity index (χ0v) is 13.0. The summed E-state index contributed by atoms with van der Waals surface area (Å²) >= 11 is 8.38. The molecule has 0 aliphatic rings. The monoisotopic (exact) mass is 278 g/mol. The van der Waals surface area contributed by atoms with E-state index in [0.29, 0.717) is 0 Å². The Bertz CT molecular complexity index is 535. The highest BCUT2D eigenvalue weighted by Crippen LogP contribution is 2.33. The molecule has 2 heteroatoms. The lowest BCUT2D eigenvalue weighted by Crippen LogP contribution is -1.96. The molecule has 0 N–H and O–H groups in total. The van der Waals surface area contributed by atoms with Gasteiger partial charge in [-0.15, -0.1) is 22.9 Å². The van der Waals surface area contributed by atoms with Crippen molar-refractivity contribution in [1.29, 1.82) is 0 Å². The van der Waals surface area contributed by atoms with Crippen molar-refractivity contribution in [3.05, 3.63) is 56.3 Å². The van der Waals surface area contributed by atoms with Gasteiger partial charge in [-0.2, -0.15) is 0 Å². The minimum Gasteiger partial charge on any atom is -0.144 e. The van der Waals surface area contributed by atoms with Gasteiger partial charge in [-0.25, -0.2) is 0 Å². The highest BCUT2D eigenvalue weighted by molar-refractivity contribution is 7.12. The summed E-state index contributed by atoms with van der Waals surface area (Å²) in [6.45, 7) is 8.59. The molecule has 1 atom stereocenters. The van der Waals surface area contributed by atoms with Gasteiger partial charge in [-0.1, -0.05) is 23.8 Å². The molecule has 0 aliphatic carbocycles. The number of benzene rings is 1. The van der Waals surface area contributed by atoms with Crippen LogP contribution in [0.4, 0.5) is 0 Å². The molecule has 2 rings (SSSR count). The summed E-state index contributed by atoms with van der Waals surface area (Å²) in [5.41, 5.74) is 5.34. The Hall–Kier alpha value is -0.790. The van der Waals surface area contributed by atoms with E-state index >= 15 is 0 Å². The van der Waals surface area contributed by atoms with Crippen LogP contribution in [0.5, 0.6) is 0 Å². The number of alkyl halides is 1. The molecular formula is C16H19ClS. The number of aryl methyl sites for hydroxylation is 4. The molecule has 18 heavy (non-hydrogen) atoms. The molecule has 0 spiro atoms. The molecule has 1 unspecified atom stereocenters. The van der Waals surface area contributed by atoms with E-state index in [2.05, 4.69) is 52.0 Å². The zero-order chi connectivity index (χ0) is 13.3. The van der Waals surface area contributed by atoms with Gasteiger partial charge in [0, 0.05) is 9.75 Å².